The van der Waals surface area contributed by atoms with E-state index in [-0.39, 0.29) is 22.4 Å². The molecule has 5 nitrogen and oxygen atoms in total. The molecule has 1 aromatic heterocycles. The lowest BCUT2D eigenvalue weighted by atomic mass is 9.97. The molecule has 23 heavy (non-hydrogen) atoms. The molecule has 1 aliphatic heterocycles. The molecule has 0 fully saturated rings. The van der Waals surface area contributed by atoms with Crippen molar-refractivity contribution in [2.75, 3.05) is 5.32 Å². The van der Waals surface area contributed by atoms with Gasteiger partial charge >= 0.3 is 6.18 Å². The van der Waals surface area contributed by atoms with Gasteiger partial charge in [0.1, 0.15) is 5.82 Å². The fourth-order valence-electron chi connectivity index (χ4n) is 2.65. The molecule has 0 spiro atoms. The molecule has 0 saturated heterocycles. The van der Waals surface area contributed by atoms with Gasteiger partial charge in [0.15, 0.2) is 11.7 Å². The van der Waals surface area contributed by atoms with Crippen LogP contribution in [0.5, 0.6) is 0 Å². The van der Waals surface area contributed by atoms with Crippen LogP contribution < -0.4 is 11.1 Å². The van der Waals surface area contributed by atoms with Crippen LogP contribution in [0.3, 0.4) is 0 Å². The van der Waals surface area contributed by atoms with Crippen molar-refractivity contribution < 1.29 is 18.0 Å². The molecule has 1 amide bonds. The van der Waals surface area contributed by atoms with E-state index in [0.717, 1.165) is 10.2 Å². The molecule has 3 rings (SSSR count). The summed E-state index contributed by atoms with van der Waals surface area (Å²) in [7, 11) is 0. The number of fused-ring (bicyclic) bond motifs is 1. The number of carbonyl (C=O) groups is 1. The molecule has 2 atom stereocenters. The standard InChI is InChI=1S/C14H12BrF3N4O/c15-10-11(12(19)23)21-22-9(14(16,17)18)6-8(20-13(10)22)7-4-2-1-3-5-7/h1-5,8-9,20H,6H2,(H2,19,23). The van der Waals surface area contributed by atoms with Crippen molar-refractivity contribution >= 4 is 27.7 Å². The zero-order chi connectivity index (χ0) is 16.8. The van der Waals surface area contributed by atoms with Crippen LogP contribution in [-0.2, 0) is 0 Å². The topological polar surface area (TPSA) is 72.9 Å². The highest BCUT2D eigenvalue weighted by atomic mass is 79.9. The average Bonchev–Trinajstić information content (AvgIpc) is 2.84. The van der Waals surface area contributed by atoms with Gasteiger partial charge in [-0.3, -0.25) is 4.79 Å². The van der Waals surface area contributed by atoms with Crippen molar-refractivity contribution in [2.24, 2.45) is 5.73 Å². The minimum absolute atomic E-state index is 0.0984. The number of hydrogen-bond acceptors (Lipinski definition) is 3. The second-order valence-electron chi connectivity index (χ2n) is 5.22. The molecular formula is C14H12BrF3N4O. The van der Waals surface area contributed by atoms with E-state index in [1.165, 1.54) is 0 Å². The molecule has 1 aromatic carbocycles. The lowest BCUT2D eigenvalue weighted by molar-refractivity contribution is -0.173. The second kappa shape index (κ2) is 5.55. The molecule has 9 heteroatoms. The first-order chi connectivity index (χ1) is 10.8. The first-order valence-electron chi connectivity index (χ1n) is 6.75. The Morgan fingerprint density at radius 3 is 2.57 bits per heavy atom. The summed E-state index contributed by atoms with van der Waals surface area (Å²) in [4.78, 5) is 11.4. The van der Waals surface area contributed by atoms with E-state index in [1.54, 1.807) is 30.3 Å². The highest BCUT2D eigenvalue weighted by Gasteiger charge is 2.47. The number of alkyl halides is 3. The number of amides is 1. The van der Waals surface area contributed by atoms with Crippen molar-refractivity contribution in [1.82, 2.24) is 9.78 Å². The molecule has 1 aliphatic rings. The molecule has 122 valence electrons. The third kappa shape index (κ3) is 2.80. The number of carbonyl (C=O) groups excluding carboxylic acids is 1. The van der Waals surface area contributed by atoms with Crippen LogP contribution >= 0.6 is 15.9 Å². The van der Waals surface area contributed by atoms with Gasteiger partial charge in [-0.15, -0.1) is 0 Å². The minimum atomic E-state index is -4.50. The van der Waals surface area contributed by atoms with Gasteiger partial charge in [-0.1, -0.05) is 30.3 Å². The Kier molecular flexibility index (Phi) is 3.83. The summed E-state index contributed by atoms with van der Waals surface area (Å²) in [6.07, 6.45) is -4.73. The van der Waals surface area contributed by atoms with Crippen molar-refractivity contribution in [3.8, 4) is 0 Å². The van der Waals surface area contributed by atoms with E-state index in [9.17, 15) is 18.0 Å². The maximum Gasteiger partial charge on any atom is 0.410 e. The van der Waals surface area contributed by atoms with E-state index < -0.39 is 24.2 Å². The number of aromatic nitrogens is 2. The summed E-state index contributed by atoms with van der Waals surface area (Å²) in [5.74, 6) is -0.793. The lowest BCUT2D eigenvalue weighted by Crippen LogP contribution is -2.35. The summed E-state index contributed by atoms with van der Waals surface area (Å²) in [5.41, 5.74) is 5.67. The second-order valence-corrected chi connectivity index (χ2v) is 6.01. The Balaban J connectivity index is 2.10. The van der Waals surface area contributed by atoms with Gasteiger partial charge in [0, 0.05) is 6.42 Å². The fraction of sp³-hybridized carbons (Fsp3) is 0.286. The SMILES string of the molecule is NC(=O)c1nn2c(c1Br)NC(c1ccccc1)CC2C(F)(F)F. The lowest BCUT2D eigenvalue weighted by Gasteiger charge is -2.33. The van der Waals surface area contributed by atoms with E-state index in [0.29, 0.717) is 0 Å². The minimum Gasteiger partial charge on any atom is -0.364 e. The Morgan fingerprint density at radius 1 is 1.35 bits per heavy atom. The van der Waals surface area contributed by atoms with E-state index >= 15 is 0 Å². The van der Waals surface area contributed by atoms with Gasteiger partial charge in [-0.25, -0.2) is 4.68 Å². The summed E-state index contributed by atoms with van der Waals surface area (Å²) in [5, 5.41) is 6.74. The van der Waals surface area contributed by atoms with Gasteiger partial charge in [-0.05, 0) is 21.5 Å². The Hall–Kier alpha value is -2.03. The smallest absolute Gasteiger partial charge is 0.364 e. The molecule has 0 radical (unpaired) electrons. The average molecular weight is 389 g/mol. The Morgan fingerprint density at radius 2 is 2.00 bits per heavy atom. The third-order valence-electron chi connectivity index (χ3n) is 3.73. The van der Waals surface area contributed by atoms with Gasteiger partial charge in [0.2, 0.25) is 0 Å². The molecule has 2 heterocycles. The number of halogens is 4. The van der Waals surface area contributed by atoms with Gasteiger partial charge < -0.3 is 11.1 Å². The first kappa shape index (κ1) is 15.9. The number of hydrogen-bond donors (Lipinski definition) is 2. The van der Waals surface area contributed by atoms with Crippen LogP contribution in [0.25, 0.3) is 0 Å². The van der Waals surface area contributed by atoms with Crippen molar-refractivity contribution in [3.63, 3.8) is 0 Å². The molecule has 0 saturated carbocycles. The summed E-state index contributed by atoms with van der Waals surface area (Å²) < 4.78 is 41.2. The monoisotopic (exact) mass is 388 g/mol. The quantitative estimate of drug-likeness (QED) is 0.827. The predicted octanol–water partition coefficient (Wildman–Crippen LogP) is 3.40. The Labute approximate surface area is 137 Å². The van der Waals surface area contributed by atoms with Crippen LogP contribution in [0.1, 0.15) is 34.6 Å². The number of anilines is 1. The van der Waals surface area contributed by atoms with Gasteiger partial charge in [-0.2, -0.15) is 18.3 Å². The van der Waals surface area contributed by atoms with Gasteiger partial charge in [0.25, 0.3) is 5.91 Å². The van der Waals surface area contributed by atoms with Crippen LogP contribution in [0.4, 0.5) is 19.0 Å². The Bertz CT molecular complexity index is 744. The number of nitrogens with one attached hydrogen (secondary N) is 1. The summed E-state index contributed by atoms with van der Waals surface area (Å²) >= 11 is 3.12. The van der Waals surface area contributed by atoms with E-state index in [1.807, 2.05) is 0 Å². The number of nitrogens with two attached hydrogens (primary N) is 1. The van der Waals surface area contributed by atoms with Crippen LogP contribution in [0.15, 0.2) is 34.8 Å². The molecule has 0 aliphatic carbocycles. The number of primary amides is 1. The highest BCUT2D eigenvalue weighted by molar-refractivity contribution is 9.10. The molecular weight excluding hydrogens is 377 g/mol. The normalized spacial score (nSPS) is 20.7. The molecule has 3 N–H and O–H groups in total. The summed E-state index contributed by atoms with van der Waals surface area (Å²) in [6, 6.07) is 6.42. The van der Waals surface area contributed by atoms with Crippen molar-refractivity contribution in [3.05, 3.63) is 46.1 Å². The van der Waals surface area contributed by atoms with Gasteiger partial charge in [0.05, 0.1) is 10.5 Å². The largest absolute Gasteiger partial charge is 0.410 e. The van der Waals surface area contributed by atoms with Crippen LogP contribution in [0, 0.1) is 0 Å². The van der Waals surface area contributed by atoms with E-state index in [2.05, 4.69) is 26.3 Å². The first-order valence-corrected chi connectivity index (χ1v) is 7.54. The maximum absolute atomic E-state index is 13.4. The van der Waals surface area contributed by atoms with Crippen LogP contribution in [-0.4, -0.2) is 21.9 Å². The molecule has 2 aromatic rings. The fourth-order valence-corrected chi connectivity index (χ4v) is 3.22. The maximum atomic E-state index is 13.4. The van der Waals surface area contributed by atoms with Crippen LogP contribution in [0.2, 0.25) is 0 Å². The predicted molar refractivity (Wildman–Crippen MR) is 81.0 cm³/mol. The number of rotatable bonds is 2. The molecule has 2 unspecified atom stereocenters. The highest BCUT2D eigenvalue weighted by Crippen LogP contribution is 2.46. The number of benzene rings is 1. The molecule has 0 bridgehead atoms. The van der Waals surface area contributed by atoms with Crippen molar-refractivity contribution in [1.29, 1.82) is 0 Å². The zero-order valence-corrected chi connectivity index (χ0v) is 13.2. The van der Waals surface area contributed by atoms with E-state index in [4.69, 9.17) is 5.73 Å². The third-order valence-corrected chi connectivity index (χ3v) is 4.48. The summed E-state index contributed by atoms with van der Waals surface area (Å²) in [6.45, 7) is 0. The zero-order valence-electron chi connectivity index (χ0n) is 11.6. The number of nitrogens with zero attached hydrogens (tertiary/aromatic N) is 2. The van der Waals surface area contributed by atoms with Crippen molar-refractivity contribution in [2.45, 2.75) is 24.7 Å².